The van der Waals surface area contributed by atoms with Crippen LogP contribution < -0.4 is 0 Å². The van der Waals surface area contributed by atoms with Crippen molar-refractivity contribution in [2.24, 2.45) is 0 Å². The average molecular weight is 761 g/mol. The third-order valence-corrected chi connectivity index (χ3v) is 8.32. The number of carbonyl (C=O) groups excluding carboxylic acids is 3. The van der Waals surface area contributed by atoms with Gasteiger partial charge in [-0.1, -0.05) is 182 Å². The SMILES string of the molecule is CC/C=C\C/C=C\C/C=C\C/C=C\C/C=C\C/C=C\CCC(=O)OCC(COC(=O)CCCCCCCCCCC)OC(=O)C/C=C\C/C=C\C/C=C\CC. The standard InChI is InChI=1S/C49H76O6/c1-4-7-10-13-16-19-20-21-22-23-24-25-26-27-28-31-33-36-39-42-48(51)54-45-46(55-49(52)43-40-37-34-30-18-15-12-9-6-3)44-53-47(50)41-38-35-32-29-17-14-11-8-5-2/h7,9-10,12,16,18-19,21-22,24-25,27-28,30,33,36-37,40,46H,4-6,8,11,13-15,17,20,23,26,29,31-32,34-35,38-39,41-45H2,1-3H3/b10-7-,12-9-,19-16-,22-21-,25-24-,28-27-,30-18-,36-33-,40-37-. The predicted molar refractivity (Wildman–Crippen MR) is 233 cm³/mol. The van der Waals surface area contributed by atoms with Gasteiger partial charge in [-0.15, -0.1) is 0 Å². The van der Waals surface area contributed by atoms with Crippen LogP contribution in [-0.2, 0) is 28.6 Å². The first-order valence-corrected chi connectivity index (χ1v) is 21.4. The summed E-state index contributed by atoms with van der Waals surface area (Å²) in [5.74, 6) is -1.17. The summed E-state index contributed by atoms with van der Waals surface area (Å²) in [5.41, 5.74) is 0. The van der Waals surface area contributed by atoms with E-state index >= 15 is 0 Å². The van der Waals surface area contributed by atoms with Crippen molar-refractivity contribution in [3.05, 3.63) is 109 Å². The molecule has 0 aromatic rings. The molecule has 0 aliphatic rings. The summed E-state index contributed by atoms with van der Waals surface area (Å²) in [6.45, 7) is 6.18. The van der Waals surface area contributed by atoms with Gasteiger partial charge in [0.25, 0.3) is 0 Å². The zero-order chi connectivity index (χ0) is 40.1. The van der Waals surface area contributed by atoms with Crippen molar-refractivity contribution >= 4 is 17.9 Å². The number of hydrogen-bond donors (Lipinski definition) is 0. The Morgan fingerprint density at radius 2 is 0.764 bits per heavy atom. The number of ether oxygens (including phenoxy) is 3. The molecule has 0 aromatic carbocycles. The van der Waals surface area contributed by atoms with Crippen molar-refractivity contribution in [2.75, 3.05) is 13.2 Å². The van der Waals surface area contributed by atoms with Crippen LogP contribution in [0.25, 0.3) is 0 Å². The van der Waals surface area contributed by atoms with Crippen LogP contribution in [0.15, 0.2) is 109 Å². The van der Waals surface area contributed by atoms with E-state index in [0.29, 0.717) is 12.8 Å². The maximum absolute atomic E-state index is 12.6. The Balaban J connectivity index is 4.52. The Labute approximate surface area is 336 Å². The lowest BCUT2D eigenvalue weighted by Gasteiger charge is -2.18. The molecule has 0 saturated carbocycles. The molecule has 6 heteroatoms. The highest BCUT2D eigenvalue weighted by Gasteiger charge is 2.19. The van der Waals surface area contributed by atoms with Gasteiger partial charge in [0.15, 0.2) is 6.10 Å². The maximum Gasteiger partial charge on any atom is 0.310 e. The van der Waals surface area contributed by atoms with Gasteiger partial charge in [-0.2, -0.15) is 0 Å². The van der Waals surface area contributed by atoms with E-state index < -0.39 is 12.1 Å². The third-order valence-electron chi connectivity index (χ3n) is 8.32. The van der Waals surface area contributed by atoms with Crippen LogP contribution in [0.1, 0.15) is 162 Å². The first-order valence-electron chi connectivity index (χ1n) is 21.4. The molecule has 0 N–H and O–H groups in total. The van der Waals surface area contributed by atoms with Crippen LogP contribution in [0.5, 0.6) is 0 Å². The minimum Gasteiger partial charge on any atom is -0.462 e. The molecule has 6 nitrogen and oxygen atoms in total. The van der Waals surface area contributed by atoms with Crippen LogP contribution in [0.2, 0.25) is 0 Å². The molecule has 0 heterocycles. The van der Waals surface area contributed by atoms with Crippen LogP contribution in [0.4, 0.5) is 0 Å². The fraction of sp³-hybridized carbons (Fsp3) is 0.571. The number of hydrogen-bond acceptors (Lipinski definition) is 6. The second-order valence-corrected chi connectivity index (χ2v) is 13.5. The van der Waals surface area contributed by atoms with Crippen molar-refractivity contribution in [1.82, 2.24) is 0 Å². The molecule has 0 aromatic heterocycles. The lowest BCUT2D eigenvalue weighted by atomic mass is 10.1. The Morgan fingerprint density at radius 1 is 0.400 bits per heavy atom. The molecular formula is C49H76O6. The van der Waals surface area contributed by atoms with Gasteiger partial charge in [-0.05, 0) is 70.6 Å². The van der Waals surface area contributed by atoms with Crippen LogP contribution in [0.3, 0.4) is 0 Å². The van der Waals surface area contributed by atoms with Crippen molar-refractivity contribution in [3.63, 3.8) is 0 Å². The molecule has 0 fully saturated rings. The van der Waals surface area contributed by atoms with Gasteiger partial charge in [0.2, 0.25) is 0 Å². The molecule has 1 atom stereocenters. The Hall–Kier alpha value is -3.93. The minimum absolute atomic E-state index is 0.0864. The van der Waals surface area contributed by atoms with Crippen LogP contribution >= 0.6 is 0 Å². The summed E-state index contributed by atoms with van der Waals surface area (Å²) in [7, 11) is 0. The van der Waals surface area contributed by atoms with Gasteiger partial charge in [0, 0.05) is 12.8 Å². The normalized spacial score (nSPS) is 13.1. The monoisotopic (exact) mass is 761 g/mol. The predicted octanol–water partition coefficient (Wildman–Crippen LogP) is 13.6. The first kappa shape index (κ1) is 51.1. The second-order valence-electron chi connectivity index (χ2n) is 13.5. The lowest BCUT2D eigenvalue weighted by Crippen LogP contribution is -2.30. The van der Waals surface area contributed by atoms with Crippen molar-refractivity contribution < 1.29 is 28.6 Å². The summed E-state index contributed by atoms with van der Waals surface area (Å²) in [5, 5.41) is 0. The summed E-state index contributed by atoms with van der Waals surface area (Å²) in [6, 6.07) is 0. The fourth-order valence-corrected chi connectivity index (χ4v) is 5.18. The zero-order valence-corrected chi connectivity index (χ0v) is 34.9. The Bertz CT molecular complexity index is 1200. The lowest BCUT2D eigenvalue weighted by molar-refractivity contribution is -0.166. The Kier molecular flexibility index (Phi) is 39.7. The second kappa shape index (κ2) is 42.8. The van der Waals surface area contributed by atoms with Crippen molar-refractivity contribution in [3.8, 4) is 0 Å². The molecule has 1 unspecified atom stereocenters. The average Bonchev–Trinajstić information content (AvgIpc) is 3.18. The van der Waals surface area contributed by atoms with Crippen LogP contribution in [0, 0.1) is 0 Å². The molecule has 0 radical (unpaired) electrons. The van der Waals surface area contributed by atoms with E-state index in [9.17, 15) is 14.4 Å². The van der Waals surface area contributed by atoms with E-state index in [2.05, 4.69) is 106 Å². The van der Waals surface area contributed by atoms with E-state index in [1.165, 1.54) is 38.5 Å². The third kappa shape index (κ3) is 41.1. The fourth-order valence-electron chi connectivity index (χ4n) is 5.18. The van der Waals surface area contributed by atoms with Gasteiger partial charge in [-0.25, -0.2) is 0 Å². The number of allylic oxidation sites excluding steroid dienone is 17. The van der Waals surface area contributed by atoms with Gasteiger partial charge >= 0.3 is 17.9 Å². The molecular weight excluding hydrogens is 685 g/mol. The summed E-state index contributed by atoms with van der Waals surface area (Å²) in [4.78, 5) is 37.4. The number of unbranched alkanes of at least 4 members (excludes halogenated alkanes) is 8. The number of carbonyl (C=O) groups is 3. The molecule has 0 saturated heterocycles. The molecule has 0 amide bonds. The van der Waals surface area contributed by atoms with E-state index in [1.54, 1.807) is 6.08 Å². The highest BCUT2D eigenvalue weighted by Crippen LogP contribution is 2.11. The first-order chi connectivity index (χ1) is 27.0. The molecule has 0 bridgehead atoms. The van der Waals surface area contributed by atoms with E-state index in [-0.39, 0.29) is 38.0 Å². The number of rotatable bonds is 36. The van der Waals surface area contributed by atoms with Crippen LogP contribution in [-0.4, -0.2) is 37.2 Å². The van der Waals surface area contributed by atoms with Crippen molar-refractivity contribution in [1.29, 1.82) is 0 Å². The molecule has 0 aliphatic carbocycles. The highest BCUT2D eigenvalue weighted by molar-refractivity contribution is 5.72. The molecule has 308 valence electrons. The van der Waals surface area contributed by atoms with Gasteiger partial charge in [0.05, 0.1) is 6.42 Å². The van der Waals surface area contributed by atoms with Gasteiger partial charge in [0.1, 0.15) is 13.2 Å². The van der Waals surface area contributed by atoms with Crippen molar-refractivity contribution in [2.45, 2.75) is 168 Å². The number of esters is 3. The van der Waals surface area contributed by atoms with Gasteiger partial charge in [-0.3, -0.25) is 14.4 Å². The van der Waals surface area contributed by atoms with E-state index in [0.717, 1.165) is 77.0 Å². The van der Waals surface area contributed by atoms with E-state index in [4.69, 9.17) is 14.2 Å². The Morgan fingerprint density at radius 3 is 1.20 bits per heavy atom. The smallest absolute Gasteiger partial charge is 0.310 e. The summed E-state index contributed by atoms with van der Waals surface area (Å²) < 4.78 is 16.4. The summed E-state index contributed by atoms with van der Waals surface area (Å²) >= 11 is 0. The van der Waals surface area contributed by atoms with Gasteiger partial charge < -0.3 is 14.2 Å². The topological polar surface area (TPSA) is 78.9 Å². The maximum atomic E-state index is 12.6. The highest BCUT2D eigenvalue weighted by atomic mass is 16.6. The molecule has 55 heavy (non-hydrogen) atoms. The minimum atomic E-state index is -0.854. The van der Waals surface area contributed by atoms with E-state index in [1.807, 2.05) is 18.2 Å². The zero-order valence-electron chi connectivity index (χ0n) is 34.9. The quantitative estimate of drug-likeness (QED) is 0.0274. The molecule has 0 rings (SSSR count). The molecule has 0 aliphatic heterocycles. The largest absolute Gasteiger partial charge is 0.462 e. The molecule has 0 spiro atoms. The summed E-state index contributed by atoms with van der Waals surface area (Å²) in [6.07, 6.45) is 57.0.